The van der Waals surface area contributed by atoms with Crippen molar-refractivity contribution in [1.29, 1.82) is 0 Å². The summed E-state index contributed by atoms with van der Waals surface area (Å²) in [6.07, 6.45) is -8.54. The van der Waals surface area contributed by atoms with Crippen LogP contribution in [-0.2, 0) is 0 Å². The van der Waals surface area contributed by atoms with Crippen molar-refractivity contribution in [1.82, 2.24) is 0 Å². The van der Waals surface area contributed by atoms with Crippen molar-refractivity contribution in [2.24, 2.45) is 17.8 Å². The van der Waals surface area contributed by atoms with Gasteiger partial charge in [0.1, 0.15) is 12.2 Å². The van der Waals surface area contributed by atoms with Gasteiger partial charge in [-0.15, -0.1) is 0 Å². The molecule has 0 spiro atoms. The van der Waals surface area contributed by atoms with Gasteiger partial charge in [-0.1, -0.05) is 0 Å². The van der Waals surface area contributed by atoms with E-state index in [1.165, 1.54) is 0 Å². The van der Waals surface area contributed by atoms with E-state index in [0.717, 1.165) is 0 Å². The van der Waals surface area contributed by atoms with E-state index in [-0.39, 0.29) is 0 Å². The molecular weight excluding hydrogens is 232 g/mol. The number of aliphatic hydroxyl groups excluding tert-OH is 7. The van der Waals surface area contributed by atoms with Crippen LogP contribution in [-0.4, -0.2) is 79.0 Å². The van der Waals surface area contributed by atoms with Gasteiger partial charge < -0.3 is 35.7 Å². The van der Waals surface area contributed by atoms with E-state index < -0.39 is 61.0 Å². The maximum atomic E-state index is 9.76. The summed E-state index contributed by atoms with van der Waals surface area (Å²) < 4.78 is 0. The van der Waals surface area contributed by atoms with Gasteiger partial charge >= 0.3 is 0 Å². The topological polar surface area (TPSA) is 142 Å². The van der Waals surface area contributed by atoms with Crippen LogP contribution in [0, 0.1) is 17.8 Å². The predicted octanol–water partition coefficient (Wildman–Crippen LogP) is -3.98. The molecule has 7 heteroatoms. The minimum absolute atomic E-state index is 0.511. The van der Waals surface area contributed by atoms with Crippen molar-refractivity contribution in [3.05, 3.63) is 0 Å². The third-order valence-electron chi connectivity index (χ3n) is 4.17. The minimum Gasteiger partial charge on any atom is -0.396 e. The molecule has 2 fully saturated rings. The van der Waals surface area contributed by atoms with Gasteiger partial charge in [-0.25, -0.2) is 0 Å². The average molecular weight is 250 g/mol. The van der Waals surface area contributed by atoms with Gasteiger partial charge in [0.15, 0.2) is 0 Å². The number of rotatable bonds is 1. The van der Waals surface area contributed by atoms with Crippen molar-refractivity contribution in [3.8, 4) is 0 Å². The number of aliphatic hydroxyl groups is 7. The zero-order valence-corrected chi connectivity index (χ0v) is 9.03. The summed E-state index contributed by atoms with van der Waals surface area (Å²) in [5.74, 6) is -2.70. The van der Waals surface area contributed by atoms with Gasteiger partial charge in [0.25, 0.3) is 0 Å². The van der Waals surface area contributed by atoms with Crippen molar-refractivity contribution >= 4 is 0 Å². The second-order valence-corrected chi connectivity index (χ2v) is 4.94. The van der Waals surface area contributed by atoms with Crippen LogP contribution in [0.1, 0.15) is 0 Å². The zero-order valence-electron chi connectivity index (χ0n) is 9.03. The quantitative estimate of drug-likeness (QED) is 0.251. The number of hydrogen-bond donors (Lipinski definition) is 7. The summed E-state index contributed by atoms with van der Waals surface area (Å²) >= 11 is 0. The first-order chi connectivity index (χ1) is 7.91. The molecule has 0 unspecified atom stereocenters. The van der Waals surface area contributed by atoms with E-state index in [2.05, 4.69) is 0 Å². The van der Waals surface area contributed by atoms with Gasteiger partial charge in [-0.05, 0) is 0 Å². The molecule has 2 aliphatic rings. The summed E-state index contributed by atoms with van der Waals surface area (Å²) in [4.78, 5) is 0. The lowest BCUT2D eigenvalue weighted by Gasteiger charge is -2.44. The SMILES string of the molecule is OC[C@@H]1[C@H](O)[C@H](O)[C@H](O)[C@H]2[C@@H](O)[C@H](O)[C@H](O)[C@@H]12. The fraction of sp³-hybridized carbons (Fsp3) is 1.00. The molecule has 2 aliphatic carbocycles. The molecule has 0 amide bonds. The summed E-state index contributed by atoms with van der Waals surface area (Å²) in [5, 5.41) is 67.3. The normalized spacial score (nSPS) is 59.1. The predicted molar refractivity (Wildman–Crippen MR) is 53.6 cm³/mol. The molecule has 0 radical (unpaired) electrons. The highest BCUT2D eigenvalue weighted by atomic mass is 16.4. The van der Waals surface area contributed by atoms with Crippen LogP contribution in [0.25, 0.3) is 0 Å². The lowest BCUT2D eigenvalue weighted by molar-refractivity contribution is -0.181. The summed E-state index contributed by atoms with van der Waals surface area (Å²) in [5.41, 5.74) is 0. The Morgan fingerprint density at radius 3 is 1.41 bits per heavy atom. The molecule has 2 saturated carbocycles. The van der Waals surface area contributed by atoms with Crippen LogP contribution >= 0.6 is 0 Å². The van der Waals surface area contributed by atoms with Crippen molar-refractivity contribution in [3.63, 3.8) is 0 Å². The Bertz CT molecular complexity index is 286. The fourth-order valence-electron chi connectivity index (χ4n) is 3.22. The molecule has 0 heterocycles. The van der Waals surface area contributed by atoms with Crippen molar-refractivity contribution in [2.75, 3.05) is 6.61 Å². The van der Waals surface area contributed by atoms with Gasteiger partial charge in [-0.2, -0.15) is 0 Å². The molecule has 17 heavy (non-hydrogen) atoms. The molecule has 2 rings (SSSR count). The second-order valence-electron chi connectivity index (χ2n) is 4.94. The Kier molecular flexibility index (Phi) is 3.43. The molecule has 0 aromatic heterocycles. The Morgan fingerprint density at radius 1 is 0.529 bits per heavy atom. The Morgan fingerprint density at radius 2 is 0.941 bits per heavy atom. The summed E-state index contributed by atoms with van der Waals surface area (Å²) in [7, 11) is 0. The molecule has 9 atom stereocenters. The molecule has 7 nitrogen and oxygen atoms in total. The lowest BCUT2D eigenvalue weighted by atomic mass is 9.68. The van der Waals surface area contributed by atoms with Crippen molar-refractivity contribution in [2.45, 2.75) is 36.6 Å². The van der Waals surface area contributed by atoms with E-state index in [4.69, 9.17) is 0 Å². The average Bonchev–Trinajstić information content (AvgIpc) is 2.53. The van der Waals surface area contributed by atoms with E-state index in [0.29, 0.717) is 0 Å². The summed E-state index contributed by atoms with van der Waals surface area (Å²) in [6, 6.07) is 0. The molecule has 100 valence electrons. The first-order valence-electron chi connectivity index (χ1n) is 5.61. The van der Waals surface area contributed by atoms with Gasteiger partial charge in [-0.3, -0.25) is 0 Å². The smallest absolute Gasteiger partial charge is 0.106 e. The van der Waals surface area contributed by atoms with Crippen LogP contribution in [0.2, 0.25) is 0 Å². The second kappa shape index (κ2) is 4.43. The molecule has 0 bridgehead atoms. The molecule has 7 N–H and O–H groups in total. The van der Waals surface area contributed by atoms with Crippen LogP contribution in [0.3, 0.4) is 0 Å². The number of fused-ring (bicyclic) bond motifs is 1. The third kappa shape index (κ3) is 1.70. The molecule has 0 aliphatic heterocycles. The van der Waals surface area contributed by atoms with Gasteiger partial charge in [0, 0.05) is 24.4 Å². The Balaban J connectivity index is 2.35. The standard InChI is InChI=1S/C10H18O7/c11-1-2-3-4(7(14)9(16)5(2)12)8(15)10(17)6(3)13/h2-17H,1H2/t2-,3-,4-,5-,6+,7+,8+,9-,10+/m0/s1. The Labute approximate surface area is 97.6 Å². The van der Waals surface area contributed by atoms with Crippen molar-refractivity contribution < 1.29 is 35.7 Å². The molecule has 0 saturated heterocycles. The zero-order chi connectivity index (χ0) is 12.9. The largest absolute Gasteiger partial charge is 0.396 e. The highest BCUT2D eigenvalue weighted by molar-refractivity contribution is 5.09. The molecule has 0 aromatic rings. The fourth-order valence-corrected chi connectivity index (χ4v) is 3.22. The Hall–Kier alpha value is -0.280. The minimum atomic E-state index is -1.51. The third-order valence-corrected chi connectivity index (χ3v) is 4.17. The van der Waals surface area contributed by atoms with E-state index in [9.17, 15) is 35.7 Å². The summed E-state index contributed by atoms with van der Waals surface area (Å²) in [6.45, 7) is -0.511. The van der Waals surface area contributed by atoms with Gasteiger partial charge in [0.2, 0.25) is 0 Å². The maximum Gasteiger partial charge on any atom is 0.106 e. The van der Waals surface area contributed by atoms with Gasteiger partial charge in [0.05, 0.1) is 24.4 Å². The van der Waals surface area contributed by atoms with E-state index in [1.807, 2.05) is 0 Å². The van der Waals surface area contributed by atoms with Crippen LogP contribution in [0.5, 0.6) is 0 Å². The first-order valence-corrected chi connectivity index (χ1v) is 5.61. The van der Waals surface area contributed by atoms with E-state index in [1.54, 1.807) is 0 Å². The molecule has 0 aromatic carbocycles. The van der Waals surface area contributed by atoms with Crippen LogP contribution in [0.15, 0.2) is 0 Å². The monoisotopic (exact) mass is 250 g/mol. The molecular formula is C10H18O7. The highest BCUT2D eigenvalue weighted by Crippen LogP contribution is 2.46. The lowest BCUT2D eigenvalue weighted by Crippen LogP contribution is -2.58. The van der Waals surface area contributed by atoms with Crippen LogP contribution < -0.4 is 0 Å². The first kappa shape index (κ1) is 13.2. The van der Waals surface area contributed by atoms with Crippen LogP contribution in [0.4, 0.5) is 0 Å². The highest BCUT2D eigenvalue weighted by Gasteiger charge is 2.60. The van der Waals surface area contributed by atoms with E-state index >= 15 is 0 Å². The number of hydrogen-bond acceptors (Lipinski definition) is 7. The maximum absolute atomic E-state index is 9.76.